The van der Waals surface area contributed by atoms with Gasteiger partial charge in [-0.2, -0.15) is 0 Å². The number of halogens is 3. The molecule has 0 aliphatic rings. The smallest absolute Gasteiger partial charge is 0.142 e. The Balaban J connectivity index is 2.51. The lowest BCUT2D eigenvalue weighted by Gasteiger charge is -2.19. The second kappa shape index (κ2) is 5.63. The van der Waals surface area contributed by atoms with Gasteiger partial charge in [-0.05, 0) is 18.7 Å². The molecule has 0 saturated carbocycles. The van der Waals surface area contributed by atoms with E-state index >= 15 is 0 Å². The highest BCUT2D eigenvalue weighted by Crippen LogP contribution is 2.27. The van der Waals surface area contributed by atoms with Crippen LogP contribution in [0.15, 0.2) is 18.3 Å². The van der Waals surface area contributed by atoms with Crippen molar-refractivity contribution in [2.45, 2.75) is 13.0 Å². The highest BCUT2D eigenvalue weighted by Gasteiger charge is 2.22. The van der Waals surface area contributed by atoms with Crippen LogP contribution in [0.4, 0.5) is 8.78 Å². The molecule has 1 heterocycles. The van der Waals surface area contributed by atoms with Crippen LogP contribution in [0.5, 0.6) is 0 Å². The van der Waals surface area contributed by atoms with Crippen molar-refractivity contribution in [3.63, 3.8) is 0 Å². The number of rotatable bonds is 4. The standard InChI is InChI=1S/C12H13ClF2N4/c1-3-16-12(11-6-17-18-19(11)2)7-4-10(15)8(13)5-9(7)14/h4-6,12,16H,3H2,1-2H3. The number of aryl methyl sites for hydroxylation is 1. The van der Waals surface area contributed by atoms with E-state index in [1.54, 1.807) is 7.05 Å². The first kappa shape index (κ1) is 13.9. The fourth-order valence-corrected chi connectivity index (χ4v) is 2.05. The summed E-state index contributed by atoms with van der Waals surface area (Å²) < 4.78 is 29.0. The fraction of sp³-hybridized carbons (Fsp3) is 0.333. The molecule has 1 aromatic carbocycles. The summed E-state index contributed by atoms with van der Waals surface area (Å²) in [5.74, 6) is -1.23. The molecule has 4 nitrogen and oxygen atoms in total. The average molecular weight is 287 g/mol. The number of aromatic nitrogens is 3. The van der Waals surface area contributed by atoms with Gasteiger partial charge in [-0.3, -0.25) is 4.68 Å². The van der Waals surface area contributed by atoms with Gasteiger partial charge >= 0.3 is 0 Å². The Bertz CT molecular complexity index is 585. The first-order chi connectivity index (χ1) is 9.04. The van der Waals surface area contributed by atoms with Crippen LogP contribution < -0.4 is 5.32 Å². The van der Waals surface area contributed by atoms with Gasteiger partial charge in [0.2, 0.25) is 0 Å². The zero-order valence-corrected chi connectivity index (χ0v) is 11.2. The van der Waals surface area contributed by atoms with Crippen LogP contribution in [0.2, 0.25) is 5.02 Å². The minimum absolute atomic E-state index is 0.175. The van der Waals surface area contributed by atoms with Crippen molar-refractivity contribution in [2.24, 2.45) is 7.05 Å². The van der Waals surface area contributed by atoms with E-state index in [-0.39, 0.29) is 10.6 Å². The first-order valence-corrected chi connectivity index (χ1v) is 6.14. The Morgan fingerprint density at radius 1 is 1.37 bits per heavy atom. The van der Waals surface area contributed by atoms with Gasteiger partial charge in [0.25, 0.3) is 0 Å². The number of hydrogen-bond donors (Lipinski definition) is 1. The van der Waals surface area contributed by atoms with Crippen molar-refractivity contribution in [1.82, 2.24) is 20.3 Å². The van der Waals surface area contributed by atoms with Crippen molar-refractivity contribution < 1.29 is 8.78 Å². The Morgan fingerprint density at radius 3 is 2.68 bits per heavy atom. The highest BCUT2D eigenvalue weighted by molar-refractivity contribution is 6.30. The van der Waals surface area contributed by atoms with E-state index in [1.807, 2.05) is 6.92 Å². The number of hydrogen-bond acceptors (Lipinski definition) is 3. The largest absolute Gasteiger partial charge is 0.305 e. The molecule has 0 saturated heterocycles. The molecule has 102 valence electrons. The molecular weight excluding hydrogens is 274 g/mol. The summed E-state index contributed by atoms with van der Waals surface area (Å²) in [6.07, 6.45) is 1.51. The van der Waals surface area contributed by atoms with Crippen LogP contribution in [0.1, 0.15) is 24.2 Å². The molecule has 0 bridgehead atoms. The molecule has 0 amide bonds. The third-order valence-electron chi connectivity index (χ3n) is 2.80. The van der Waals surface area contributed by atoms with E-state index in [2.05, 4.69) is 15.6 Å². The van der Waals surface area contributed by atoms with Crippen LogP contribution in [0, 0.1) is 11.6 Å². The van der Waals surface area contributed by atoms with Crippen LogP contribution in [0.3, 0.4) is 0 Å². The van der Waals surface area contributed by atoms with E-state index in [0.717, 1.165) is 12.1 Å². The van der Waals surface area contributed by atoms with Gasteiger partial charge in [-0.1, -0.05) is 23.7 Å². The molecule has 0 radical (unpaired) electrons. The first-order valence-electron chi connectivity index (χ1n) is 5.77. The quantitative estimate of drug-likeness (QED) is 0.878. The Labute approximate surface area is 114 Å². The predicted octanol–water partition coefficient (Wildman–Crippen LogP) is 2.45. The summed E-state index contributed by atoms with van der Waals surface area (Å²) in [4.78, 5) is 0. The minimum atomic E-state index is -0.656. The topological polar surface area (TPSA) is 42.7 Å². The molecule has 7 heteroatoms. The van der Waals surface area contributed by atoms with Crippen molar-refractivity contribution in [2.75, 3.05) is 6.54 Å². The van der Waals surface area contributed by atoms with E-state index in [4.69, 9.17) is 11.6 Å². The lowest BCUT2D eigenvalue weighted by molar-refractivity contribution is 0.521. The Hall–Kier alpha value is -1.53. The minimum Gasteiger partial charge on any atom is -0.305 e. The predicted molar refractivity (Wildman–Crippen MR) is 67.9 cm³/mol. The van der Waals surface area contributed by atoms with E-state index in [0.29, 0.717) is 12.2 Å². The van der Waals surface area contributed by atoms with Crippen LogP contribution >= 0.6 is 11.6 Å². The molecule has 0 spiro atoms. The molecule has 1 aromatic heterocycles. The maximum absolute atomic E-state index is 14.0. The third kappa shape index (κ3) is 2.74. The van der Waals surface area contributed by atoms with Crippen molar-refractivity contribution >= 4 is 11.6 Å². The van der Waals surface area contributed by atoms with Gasteiger partial charge in [0.15, 0.2) is 0 Å². The fourth-order valence-electron chi connectivity index (χ4n) is 1.90. The summed E-state index contributed by atoms with van der Waals surface area (Å²) in [7, 11) is 1.69. The van der Waals surface area contributed by atoms with Crippen molar-refractivity contribution in [3.05, 3.63) is 46.2 Å². The lowest BCUT2D eigenvalue weighted by Crippen LogP contribution is -2.25. The van der Waals surface area contributed by atoms with E-state index < -0.39 is 17.7 Å². The van der Waals surface area contributed by atoms with E-state index in [1.165, 1.54) is 10.9 Å². The van der Waals surface area contributed by atoms with Gasteiger partial charge in [-0.15, -0.1) is 5.10 Å². The third-order valence-corrected chi connectivity index (χ3v) is 3.09. The molecule has 0 aliphatic heterocycles. The summed E-state index contributed by atoms with van der Waals surface area (Å²) in [6, 6.07) is 1.54. The molecule has 1 N–H and O–H groups in total. The zero-order valence-electron chi connectivity index (χ0n) is 10.5. The van der Waals surface area contributed by atoms with Crippen LogP contribution in [-0.2, 0) is 7.05 Å². The summed E-state index contributed by atoms with van der Waals surface area (Å²) in [5.41, 5.74) is 0.816. The number of benzene rings is 1. The Morgan fingerprint density at radius 2 is 2.11 bits per heavy atom. The van der Waals surface area contributed by atoms with Gasteiger partial charge in [0.1, 0.15) is 11.6 Å². The molecule has 0 fully saturated rings. The number of nitrogens with zero attached hydrogens (tertiary/aromatic N) is 3. The molecular formula is C12H13ClF2N4. The van der Waals surface area contributed by atoms with Crippen molar-refractivity contribution in [3.8, 4) is 0 Å². The molecule has 19 heavy (non-hydrogen) atoms. The van der Waals surface area contributed by atoms with Gasteiger partial charge in [0, 0.05) is 12.6 Å². The molecule has 2 rings (SSSR count). The van der Waals surface area contributed by atoms with Crippen molar-refractivity contribution in [1.29, 1.82) is 0 Å². The van der Waals surface area contributed by atoms with Gasteiger partial charge in [-0.25, -0.2) is 8.78 Å². The number of nitrogens with one attached hydrogen (secondary N) is 1. The second-order valence-electron chi connectivity index (χ2n) is 4.06. The average Bonchev–Trinajstić information content (AvgIpc) is 2.77. The normalized spacial score (nSPS) is 12.7. The van der Waals surface area contributed by atoms with Crippen LogP contribution in [-0.4, -0.2) is 21.5 Å². The van der Waals surface area contributed by atoms with Crippen LogP contribution in [0.25, 0.3) is 0 Å². The maximum atomic E-state index is 14.0. The second-order valence-corrected chi connectivity index (χ2v) is 4.47. The summed E-state index contributed by atoms with van der Waals surface area (Å²) in [6.45, 7) is 2.46. The maximum Gasteiger partial charge on any atom is 0.142 e. The highest BCUT2D eigenvalue weighted by atomic mass is 35.5. The summed E-state index contributed by atoms with van der Waals surface area (Å²) in [5, 5.41) is 10.4. The van der Waals surface area contributed by atoms with E-state index in [9.17, 15) is 8.78 Å². The molecule has 0 aliphatic carbocycles. The molecule has 1 unspecified atom stereocenters. The monoisotopic (exact) mass is 286 g/mol. The SMILES string of the molecule is CCNC(c1cc(F)c(Cl)cc1F)c1cnnn1C. The Kier molecular flexibility index (Phi) is 4.11. The van der Waals surface area contributed by atoms with Gasteiger partial charge in [0.05, 0.1) is 23.0 Å². The summed E-state index contributed by atoms with van der Waals surface area (Å²) >= 11 is 5.56. The van der Waals surface area contributed by atoms with Gasteiger partial charge < -0.3 is 5.32 Å². The molecule has 2 aromatic rings. The molecule has 1 atom stereocenters. The zero-order chi connectivity index (χ0) is 14.0. The lowest BCUT2D eigenvalue weighted by atomic mass is 10.0.